The quantitative estimate of drug-likeness (QED) is 0.898. The summed E-state index contributed by atoms with van der Waals surface area (Å²) >= 11 is 0. The molecule has 4 rings (SSSR count). The summed E-state index contributed by atoms with van der Waals surface area (Å²) in [7, 11) is 0. The topological polar surface area (TPSA) is 34.1 Å². The highest BCUT2D eigenvalue weighted by Gasteiger charge is 2.37. The third-order valence-electron chi connectivity index (χ3n) is 3.90. The summed E-state index contributed by atoms with van der Waals surface area (Å²) in [5.74, 6) is 0.886. The molecule has 3 aliphatic rings. The zero-order chi connectivity index (χ0) is 13.5. The monoisotopic (exact) mass is 272 g/mol. The molecule has 3 nitrogen and oxygen atoms in total. The normalized spacial score (nSPS) is 30.4. The molecule has 0 amide bonds. The van der Waals surface area contributed by atoms with Crippen LogP contribution in [0.4, 0.5) is 13.2 Å². The van der Waals surface area contributed by atoms with Crippen molar-refractivity contribution in [1.29, 1.82) is 0 Å². The highest BCUT2D eigenvalue weighted by molar-refractivity contribution is 5.20. The summed E-state index contributed by atoms with van der Waals surface area (Å²) in [6, 6.07) is 2.61. The molecule has 2 bridgehead atoms. The first-order valence-electron chi connectivity index (χ1n) is 6.45. The Labute approximate surface area is 109 Å². The van der Waals surface area contributed by atoms with Crippen LogP contribution in [0.15, 0.2) is 18.3 Å². The predicted molar refractivity (Wildman–Crippen MR) is 62.8 cm³/mol. The molecular weight excluding hydrogens is 257 g/mol. The third kappa shape index (κ3) is 2.68. The number of halogens is 3. The Morgan fingerprint density at radius 3 is 2.58 bits per heavy atom. The summed E-state index contributed by atoms with van der Waals surface area (Å²) in [4.78, 5) is 3.75. The van der Waals surface area contributed by atoms with Gasteiger partial charge in [0.15, 0.2) is 0 Å². The molecule has 104 valence electrons. The number of hydrogen-bond acceptors (Lipinski definition) is 3. The van der Waals surface area contributed by atoms with Gasteiger partial charge in [-0.25, -0.2) is 4.98 Å². The first kappa shape index (κ1) is 12.7. The number of aromatic nitrogens is 1. The number of ether oxygens (including phenoxy) is 1. The fraction of sp³-hybridized carbons (Fsp3) is 0.615. The summed E-state index contributed by atoms with van der Waals surface area (Å²) < 4.78 is 42.9. The second-order valence-electron chi connectivity index (χ2n) is 5.23. The van der Waals surface area contributed by atoms with Gasteiger partial charge < -0.3 is 10.1 Å². The second-order valence-corrected chi connectivity index (χ2v) is 5.23. The lowest BCUT2D eigenvalue weighted by Crippen LogP contribution is -2.55. The van der Waals surface area contributed by atoms with E-state index in [-0.39, 0.29) is 12.0 Å². The van der Waals surface area contributed by atoms with Crippen molar-refractivity contribution in [1.82, 2.24) is 10.3 Å². The summed E-state index contributed by atoms with van der Waals surface area (Å²) in [6.07, 6.45) is -0.272. The van der Waals surface area contributed by atoms with Gasteiger partial charge in [0.2, 0.25) is 5.88 Å². The van der Waals surface area contributed by atoms with E-state index in [1.165, 1.54) is 12.5 Å². The number of alkyl halides is 3. The molecule has 0 aromatic carbocycles. The van der Waals surface area contributed by atoms with Crippen molar-refractivity contribution in [2.24, 2.45) is 5.92 Å². The van der Waals surface area contributed by atoms with E-state index in [2.05, 4.69) is 10.3 Å². The Morgan fingerprint density at radius 1 is 1.26 bits per heavy atom. The van der Waals surface area contributed by atoms with Crippen molar-refractivity contribution in [3.05, 3.63) is 23.9 Å². The minimum Gasteiger partial charge on any atom is -0.473 e. The molecule has 2 unspecified atom stereocenters. The van der Waals surface area contributed by atoms with E-state index in [9.17, 15) is 13.2 Å². The predicted octanol–water partition coefficient (Wildman–Crippen LogP) is 2.62. The van der Waals surface area contributed by atoms with Crippen LogP contribution in [0.25, 0.3) is 0 Å². The van der Waals surface area contributed by atoms with E-state index in [0.29, 0.717) is 12.0 Å². The number of hydrogen-bond donors (Lipinski definition) is 1. The fourth-order valence-corrected chi connectivity index (χ4v) is 2.85. The first-order valence-corrected chi connectivity index (χ1v) is 6.45. The number of nitrogens with zero attached hydrogens (tertiary/aromatic N) is 1. The Bertz CT molecular complexity index is 438. The standard InChI is InChI=1S/C13H15F3N2O/c14-13(15,16)9-2-4-12(18-7-9)19-11-5-8-1-3-10(11)17-6-8/h2,4,7-8,10-11,17H,1,3,5-6H2/t8?,10-,11?/m1/s1. The number of piperidine rings is 2. The molecular formula is C13H15F3N2O. The smallest absolute Gasteiger partial charge is 0.417 e. The van der Waals surface area contributed by atoms with Crippen LogP contribution in [0, 0.1) is 5.92 Å². The third-order valence-corrected chi connectivity index (χ3v) is 3.90. The van der Waals surface area contributed by atoms with Gasteiger partial charge in [-0.1, -0.05) is 0 Å². The van der Waals surface area contributed by atoms with Crippen LogP contribution < -0.4 is 10.1 Å². The molecule has 1 aromatic heterocycles. The van der Waals surface area contributed by atoms with Crippen molar-refractivity contribution in [3.8, 4) is 5.88 Å². The van der Waals surface area contributed by atoms with E-state index in [0.717, 1.165) is 31.6 Å². The number of nitrogens with one attached hydrogen (secondary N) is 1. The Morgan fingerprint density at radius 2 is 2.11 bits per heavy atom. The lowest BCUT2D eigenvalue weighted by atomic mass is 9.79. The van der Waals surface area contributed by atoms with Gasteiger partial charge in [-0.05, 0) is 37.8 Å². The van der Waals surface area contributed by atoms with E-state index in [4.69, 9.17) is 4.74 Å². The second kappa shape index (κ2) is 4.67. The van der Waals surface area contributed by atoms with Crippen LogP contribution >= 0.6 is 0 Å². The van der Waals surface area contributed by atoms with Crippen LogP contribution in [0.2, 0.25) is 0 Å². The van der Waals surface area contributed by atoms with E-state index in [1.807, 2.05) is 0 Å². The molecule has 1 aliphatic carbocycles. The minimum atomic E-state index is -4.35. The van der Waals surface area contributed by atoms with Crippen LogP contribution in [0.3, 0.4) is 0 Å². The van der Waals surface area contributed by atoms with Gasteiger partial charge in [-0.15, -0.1) is 0 Å². The molecule has 6 heteroatoms. The fourth-order valence-electron chi connectivity index (χ4n) is 2.85. The summed E-state index contributed by atoms with van der Waals surface area (Å²) in [5, 5.41) is 3.39. The maximum absolute atomic E-state index is 12.4. The number of rotatable bonds is 2. The molecule has 1 N–H and O–H groups in total. The van der Waals surface area contributed by atoms with Gasteiger partial charge in [0.25, 0.3) is 0 Å². The molecule has 0 spiro atoms. The molecule has 2 aliphatic heterocycles. The lowest BCUT2D eigenvalue weighted by molar-refractivity contribution is -0.137. The van der Waals surface area contributed by atoms with Crippen molar-refractivity contribution in [2.75, 3.05) is 6.54 Å². The Kier molecular flexibility index (Phi) is 3.12. The molecule has 2 saturated heterocycles. The Hall–Kier alpha value is -1.30. The molecule has 0 radical (unpaired) electrons. The van der Waals surface area contributed by atoms with E-state index < -0.39 is 11.7 Å². The highest BCUT2D eigenvalue weighted by atomic mass is 19.4. The van der Waals surface area contributed by atoms with Gasteiger partial charge in [0.05, 0.1) is 5.56 Å². The number of fused-ring (bicyclic) bond motifs is 3. The maximum Gasteiger partial charge on any atom is 0.417 e. The minimum absolute atomic E-state index is 0.0248. The van der Waals surface area contributed by atoms with E-state index >= 15 is 0 Å². The van der Waals surface area contributed by atoms with Gasteiger partial charge in [-0.2, -0.15) is 13.2 Å². The van der Waals surface area contributed by atoms with Gasteiger partial charge in [0.1, 0.15) is 6.10 Å². The van der Waals surface area contributed by atoms with Crippen molar-refractivity contribution >= 4 is 0 Å². The van der Waals surface area contributed by atoms with Crippen LogP contribution in [0.1, 0.15) is 24.8 Å². The summed E-state index contributed by atoms with van der Waals surface area (Å²) in [6.45, 7) is 1.02. The van der Waals surface area contributed by atoms with Crippen LogP contribution in [0.5, 0.6) is 5.88 Å². The highest BCUT2D eigenvalue weighted by Crippen LogP contribution is 2.33. The van der Waals surface area contributed by atoms with Gasteiger partial charge >= 0.3 is 6.18 Å². The van der Waals surface area contributed by atoms with Crippen molar-refractivity contribution in [2.45, 2.75) is 37.6 Å². The zero-order valence-corrected chi connectivity index (χ0v) is 10.3. The molecule has 3 atom stereocenters. The van der Waals surface area contributed by atoms with Gasteiger partial charge in [-0.3, -0.25) is 0 Å². The molecule has 3 heterocycles. The van der Waals surface area contributed by atoms with Crippen molar-refractivity contribution in [3.63, 3.8) is 0 Å². The molecule has 1 saturated carbocycles. The average Bonchev–Trinajstić information content (AvgIpc) is 2.40. The lowest BCUT2D eigenvalue weighted by Gasteiger charge is -2.42. The van der Waals surface area contributed by atoms with Crippen molar-refractivity contribution < 1.29 is 17.9 Å². The number of pyridine rings is 1. The maximum atomic E-state index is 12.4. The summed E-state index contributed by atoms with van der Waals surface area (Å²) in [5.41, 5.74) is -0.747. The average molecular weight is 272 g/mol. The van der Waals surface area contributed by atoms with Crippen LogP contribution in [-0.4, -0.2) is 23.7 Å². The van der Waals surface area contributed by atoms with E-state index in [1.54, 1.807) is 0 Å². The molecule has 3 fully saturated rings. The molecule has 19 heavy (non-hydrogen) atoms. The first-order chi connectivity index (χ1) is 9.02. The van der Waals surface area contributed by atoms with Gasteiger partial charge in [0, 0.05) is 18.3 Å². The SMILES string of the molecule is FC(F)(F)c1ccc(OC2CC3CC[C@H]2NC3)nc1. The molecule has 1 aromatic rings. The Balaban J connectivity index is 1.67. The largest absolute Gasteiger partial charge is 0.473 e. The zero-order valence-electron chi connectivity index (χ0n) is 10.3. The van der Waals surface area contributed by atoms with Crippen LogP contribution in [-0.2, 0) is 6.18 Å².